The van der Waals surface area contributed by atoms with E-state index in [-0.39, 0.29) is 11.4 Å². The zero-order chi connectivity index (χ0) is 14.2. The zero-order valence-corrected chi connectivity index (χ0v) is 12.6. The van der Waals surface area contributed by atoms with Crippen LogP contribution in [0.2, 0.25) is 0 Å². The molecule has 2 aromatic rings. The number of carbonyl (C=O) groups is 1. The first kappa shape index (κ1) is 13.8. The summed E-state index contributed by atoms with van der Waals surface area (Å²) < 4.78 is 5.16. The molecule has 1 N–H and O–H groups in total. The van der Waals surface area contributed by atoms with Gasteiger partial charge in [0.2, 0.25) is 0 Å². The minimum atomic E-state index is -0.232. The molecule has 102 valence electrons. The normalized spacial score (nSPS) is 11.6. The highest BCUT2D eigenvalue weighted by atomic mass is 32.1. The summed E-state index contributed by atoms with van der Waals surface area (Å²) in [4.78, 5) is 13.8. The molecule has 5 heteroatoms. The van der Waals surface area contributed by atoms with Gasteiger partial charge in [0.15, 0.2) is 0 Å². The van der Waals surface area contributed by atoms with Gasteiger partial charge in [-0.2, -0.15) is 0 Å². The fraction of sp³-hybridized carbons (Fsp3) is 0.429. The summed E-state index contributed by atoms with van der Waals surface area (Å²) in [7, 11) is 0. The number of rotatable bonds is 2. The molecule has 0 atom stereocenters. The lowest BCUT2D eigenvalue weighted by atomic mass is 10.1. The molecule has 2 rings (SSSR count). The van der Waals surface area contributed by atoms with E-state index in [1.807, 2.05) is 46.8 Å². The topological polar surface area (TPSA) is 55.1 Å². The van der Waals surface area contributed by atoms with Crippen LogP contribution in [0.5, 0.6) is 0 Å². The Balaban J connectivity index is 2.27. The van der Waals surface area contributed by atoms with E-state index < -0.39 is 0 Å². The van der Waals surface area contributed by atoms with Crippen molar-refractivity contribution in [3.8, 4) is 10.4 Å². The van der Waals surface area contributed by atoms with Crippen LogP contribution in [0.3, 0.4) is 0 Å². The molecule has 0 unspecified atom stereocenters. The molecule has 0 fully saturated rings. The molecule has 0 aliphatic heterocycles. The summed E-state index contributed by atoms with van der Waals surface area (Å²) in [5.74, 6) is 0.734. The summed E-state index contributed by atoms with van der Waals surface area (Å²) in [6.45, 7) is 9.68. The van der Waals surface area contributed by atoms with Gasteiger partial charge < -0.3 is 9.84 Å². The molecule has 0 aliphatic carbocycles. The van der Waals surface area contributed by atoms with Gasteiger partial charge in [0.1, 0.15) is 5.76 Å². The van der Waals surface area contributed by atoms with Crippen molar-refractivity contribution in [3.05, 3.63) is 28.5 Å². The molecule has 0 saturated heterocycles. The predicted molar refractivity (Wildman–Crippen MR) is 76.5 cm³/mol. The number of hydrogen-bond donors (Lipinski definition) is 1. The molecule has 19 heavy (non-hydrogen) atoms. The van der Waals surface area contributed by atoms with Crippen LogP contribution in [0.15, 0.2) is 16.7 Å². The fourth-order valence-corrected chi connectivity index (χ4v) is 2.88. The Morgan fingerprint density at radius 2 is 2.00 bits per heavy atom. The number of nitrogens with one attached hydrogen (secondary N) is 1. The lowest BCUT2D eigenvalue weighted by Crippen LogP contribution is -2.40. The summed E-state index contributed by atoms with van der Waals surface area (Å²) in [5, 5.41) is 6.89. The lowest BCUT2D eigenvalue weighted by Gasteiger charge is -2.19. The zero-order valence-electron chi connectivity index (χ0n) is 11.8. The van der Waals surface area contributed by atoms with Gasteiger partial charge in [-0.1, -0.05) is 5.16 Å². The van der Waals surface area contributed by atoms with Gasteiger partial charge in [-0.3, -0.25) is 4.79 Å². The van der Waals surface area contributed by atoms with Crippen molar-refractivity contribution < 1.29 is 9.32 Å². The summed E-state index contributed by atoms with van der Waals surface area (Å²) in [6, 6.07) is 3.78. The standard InChI is InChI=1S/C14H18N2O2S/c1-8-12(9(2)18-16-8)10-6-7-11(19-10)13(17)15-14(3,4)5/h6-7H,1-5H3,(H,15,17). The molecule has 0 spiro atoms. The molecule has 0 aromatic carbocycles. The predicted octanol–water partition coefficient (Wildman–Crippen LogP) is 3.55. The van der Waals surface area contributed by atoms with E-state index in [2.05, 4.69) is 10.5 Å². The van der Waals surface area contributed by atoms with Crippen LogP contribution >= 0.6 is 11.3 Å². The maximum atomic E-state index is 12.1. The van der Waals surface area contributed by atoms with Gasteiger partial charge in [-0.25, -0.2) is 0 Å². The first-order valence-electron chi connectivity index (χ1n) is 6.13. The summed E-state index contributed by atoms with van der Waals surface area (Å²) in [6.07, 6.45) is 0. The molecule has 0 saturated carbocycles. The number of aryl methyl sites for hydroxylation is 2. The largest absolute Gasteiger partial charge is 0.361 e. The fourth-order valence-electron chi connectivity index (χ4n) is 1.83. The van der Waals surface area contributed by atoms with Crippen molar-refractivity contribution >= 4 is 17.2 Å². The Kier molecular flexibility index (Phi) is 3.49. The van der Waals surface area contributed by atoms with Gasteiger partial charge in [-0.05, 0) is 46.8 Å². The smallest absolute Gasteiger partial charge is 0.261 e. The average molecular weight is 278 g/mol. The highest BCUT2D eigenvalue weighted by Crippen LogP contribution is 2.33. The van der Waals surface area contributed by atoms with Crippen LogP contribution in [-0.4, -0.2) is 16.6 Å². The monoisotopic (exact) mass is 278 g/mol. The third-order valence-electron chi connectivity index (χ3n) is 2.60. The summed E-state index contributed by atoms with van der Waals surface area (Å²) >= 11 is 1.46. The van der Waals surface area contributed by atoms with E-state index in [0.717, 1.165) is 21.9 Å². The number of aromatic nitrogens is 1. The second kappa shape index (κ2) is 4.81. The van der Waals surface area contributed by atoms with Gasteiger partial charge in [0.25, 0.3) is 5.91 Å². The summed E-state index contributed by atoms with van der Waals surface area (Å²) in [5.41, 5.74) is 1.60. The maximum Gasteiger partial charge on any atom is 0.261 e. The van der Waals surface area contributed by atoms with Crippen LogP contribution in [0, 0.1) is 13.8 Å². The SMILES string of the molecule is Cc1noc(C)c1-c1ccc(C(=O)NC(C)(C)C)s1. The van der Waals surface area contributed by atoms with Crippen LogP contribution in [0.1, 0.15) is 41.9 Å². The van der Waals surface area contributed by atoms with E-state index in [0.29, 0.717) is 4.88 Å². The first-order chi connectivity index (χ1) is 8.78. The molecule has 0 radical (unpaired) electrons. The van der Waals surface area contributed by atoms with Crippen molar-refractivity contribution in [2.75, 3.05) is 0 Å². The molecular weight excluding hydrogens is 260 g/mol. The van der Waals surface area contributed by atoms with Crippen LogP contribution < -0.4 is 5.32 Å². The van der Waals surface area contributed by atoms with E-state index in [4.69, 9.17) is 4.52 Å². The van der Waals surface area contributed by atoms with Crippen molar-refractivity contribution in [1.82, 2.24) is 10.5 Å². The lowest BCUT2D eigenvalue weighted by molar-refractivity contribution is 0.0924. The van der Waals surface area contributed by atoms with Crippen molar-refractivity contribution in [3.63, 3.8) is 0 Å². The molecule has 1 amide bonds. The average Bonchev–Trinajstić information content (AvgIpc) is 2.83. The van der Waals surface area contributed by atoms with Crippen molar-refractivity contribution in [1.29, 1.82) is 0 Å². The molecule has 2 heterocycles. The molecule has 2 aromatic heterocycles. The van der Waals surface area contributed by atoms with E-state index in [9.17, 15) is 4.79 Å². The van der Waals surface area contributed by atoms with Crippen LogP contribution in [-0.2, 0) is 0 Å². The first-order valence-corrected chi connectivity index (χ1v) is 6.95. The second-order valence-electron chi connectivity index (χ2n) is 5.57. The maximum absolute atomic E-state index is 12.1. The van der Waals surface area contributed by atoms with Gasteiger partial charge >= 0.3 is 0 Å². The van der Waals surface area contributed by atoms with Crippen molar-refractivity contribution in [2.24, 2.45) is 0 Å². The second-order valence-corrected chi connectivity index (χ2v) is 6.65. The highest BCUT2D eigenvalue weighted by molar-refractivity contribution is 7.17. The minimum Gasteiger partial charge on any atom is -0.361 e. The minimum absolute atomic E-state index is 0.0458. The van der Waals surface area contributed by atoms with Crippen molar-refractivity contribution in [2.45, 2.75) is 40.2 Å². The van der Waals surface area contributed by atoms with Gasteiger partial charge in [-0.15, -0.1) is 11.3 Å². The Hall–Kier alpha value is -1.62. The Bertz CT molecular complexity index is 586. The van der Waals surface area contributed by atoms with Crippen LogP contribution in [0.25, 0.3) is 10.4 Å². The van der Waals surface area contributed by atoms with Gasteiger partial charge in [0.05, 0.1) is 16.1 Å². The molecule has 0 bridgehead atoms. The number of carbonyl (C=O) groups excluding carboxylic acids is 1. The number of hydrogen-bond acceptors (Lipinski definition) is 4. The van der Waals surface area contributed by atoms with E-state index in [1.54, 1.807) is 0 Å². The molecular formula is C14H18N2O2S. The highest BCUT2D eigenvalue weighted by Gasteiger charge is 2.19. The quantitative estimate of drug-likeness (QED) is 0.914. The number of amides is 1. The van der Waals surface area contributed by atoms with E-state index in [1.165, 1.54) is 11.3 Å². The Labute approximate surface area is 116 Å². The molecule has 0 aliphatic rings. The Morgan fingerprint density at radius 1 is 1.32 bits per heavy atom. The third-order valence-corrected chi connectivity index (χ3v) is 3.70. The Morgan fingerprint density at radius 3 is 2.53 bits per heavy atom. The molecule has 4 nitrogen and oxygen atoms in total. The number of nitrogens with zero attached hydrogens (tertiary/aromatic N) is 1. The van der Waals surface area contributed by atoms with E-state index >= 15 is 0 Å². The third kappa shape index (κ3) is 3.04. The van der Waals surface area contributed by atoms with Crippen LogP contribution in [0.4, 0.5) is 0 Å². The van der Waals surface area contributed by atoms with Gasteiger partial charge in [0, 0.05) is 10.4 Å². The number of thiophene rings is 1.